The summed E-state index contributed by atoms with van der Waals surface area (Å²) in [5.41, 5.74) is 0. The molecule has 0 aliphatic carbocycles. The number of rotatable bonds is 3. The zero-order valence-corrected chi connectivity index (χ0v) is 8.30. The van der Waals surface area contributed by atoms with Crippen LogP contribution >= 0.6 is 0 Å². The number of hydroxylamine groups is 2. The molecule has 1 N–H and O–H groups in total. The molecule has 2 aliphatic rings. The Kier molecular flexibility index (Phi) is 3.58. The molecule has 13 heavy (non-hydrogen) atoms. The van der Waals surface area contributed by atoms with Gasteiger partial charge in [-0.15, -0.1) is 0 Å². The molecule has 0 aromatic carbocycles. The maximum absolute atomic E-state index is 5.46. The second kappa shape index (κ2) is 4.94. The summed E-state index contributed by atoms with van der Waals surface area (Å²) < 4.78 is 0. The Morgan fingerprint density at radius 2 is 2.38 bits per heavy atom. The summed E-state index contributed by atoms with van der Waals surface area (Å²) in [7, 11) is 0. The van der Waals surface area contributed by atoms with E-state index in [0.717, 1.165) is 25.6 Å². The third-order valence-electron chi connectivity index (χ3n) is 3.01. The average molecular weight is 184 g/mol. The lowest BCUT2D eigenvalue weighted by Gasteiger charge is -2.24. The molecule has 2 heterocycles. The minimum Gasteiger partial charge on any atom is -0.316 e. The molecule has 2 saturated heterocycles. The molecule has 76 valence electrons. The highest BCUT2D eigenvalue weighted by atomic mass is 16.7. The summed E-state index contributed by atoms with van der Waals surface area (Å²) in [5.74, 6) is 0.887. The topological polar surface area (TPSA) is 24.5 Å². The van der Waals surface area contributed by atoms with Crippen LogP contribution < -0.4 is 5.32 Å². The lowest BCUT2D eigenvalue weighted by molar-refractivity contribution is -0.112. The van der Waals surface area contributed by atoms with Crippen molar-refractivity contribution in [1.29, 1.82) is 0 Å². The van der Waals surface area contributed by atoms with E-state index < -0.39 is 0 Å². The molecular weight excluding hydrogens is 164 g/mol. The predicted molar refractivity (Wildman–Crippen MR) is 52.4 cm³/mol. The van der Waals surface area contributed by atoms with Gasteiger partial charge in [0.25, 0.3) is 0 Å². The van der Waals surface area contributed by atoms with Crippen molar-refractivity contribution < 1.29 is 4.84 Å². The van der Waals surface area contributed by atoms with Gasteiger partial charge in [0.1, 0.15) is 0 Å². The normalized spacial score (nSPS) is 30.9. The van der Waals surface area contributed by atoms with E-state index in [-0.39, 0.29) is 0 Å². The van der Waals surface area contributed by atoms with Crippen molar-refractivity contribution in [1.82, 2.24) is 10.4 Å². The standard InChI is InChI=1S/C10H20N2O/c1-3-10(9-11-5-1)4-7-12-6-2-8-13-12/h10-11H,1-9H2. The van der Waals surface area contributed by atoms with Gasteiger partial charge in [-0.1, -0.05) is 0 Å². The largest absolute Gasteiger partial charge is 0.316 e. The molecule has 2 aliphatic heterocycles. The summed E-state index contributed by atoms with van der Waals surface area (Å²) in [6.45, 7) is 5.64. The first-order chi connectivity index (χ1) is 6.45. The van der Waals surface area contributed by atoms with E-state index in [1.165, 1.54) is 38.8 Å². The van der Waals surface area contributed by atoms with E-state index in [9.17, 15) is 0 Å². The highest BCUT2D eigenvalue weighted by Crippen LogP contribution is 2.15. The maximum Gasteiger partial charge on any atom is 0.0698 e. The minimum atomic E-state index is 0.887. The van der Waals surface area contributed by atoms with Crippen LogP contribution in [0.3, 0.4) is 0 Å². The summed E-state index contributed by atoms with van der Waals surface area (Å²) in [6.07, 6.45) is 5.27. The van der Waals surface area contributed by atoms with Crippen molar-refractivity contribution in [3.05, 3.63) is 0 Å². The molecule has 0 aromatic heterocycles. The highest BCUT2D eigenvalue weighted by molar-refractivity contribution is 4.70. The van der Waals surface area contributed by atoms with E-state index in [2.05, 4.69) is 10.4 Å². The van der Waals surface area contributed by atoms with Crippen LogP contribution in [0.2, 0.25) is 0 Å². The van der Waals surface area contributed by atoms with E-state index in [1.807, 2.05) is 0 Å². The molecule has 0 bridgehead atoms. The Balaban J connectivity index is 1.60. The van der Waals surface area contributed by atoms with Gasteiger partial charge in [0, 0.05) is 13.1 Å². The molecular formula is C10H20N2O. The van der Waals surface area contributed by atoms with E-state index in [0.29, 0.717) is 0 Å². The van der Waals surface area contributed by atoms with Crippen LogP contribution in [-0.4, -0.2) is 37.8 Å². The van der Waals surface area contributed by atoms with Crippen molar-refractivity contribution >= 4 is 0 Å². The fourth-order valence-corrected chi connectivity index (χ4v) is 2.17. The molecule has 0 radical (unpaired) electrons. The van der Waals surface area contributed by atoms with Crippen molar-refractivity contribution in [3.63, 3.8) is 0 Å². The second-order valence-electron chi connectivity index (χ2n) is 4.12. The summed E-state index contributed by atoms with van der Waals surface area (Å²) in [5, 5.41) is 5.58. The number of piperidine rings is 1. The van der Waals surface area contributed by atoms with Gasteiger partial charge in [-0.05, 0) is 44.7 Å². The summed E-state index contributed by atoms with van der Waals surface area (Å²) in [4.78, 5) is 5.46. The fourth-order valence-electron chi connectivity index (χ4n) is 2.17. The van der Waals surface area contributed by atoms with Gasteiger partial charge in [-0.25, -0.2) is 0 Å². The van der Waals surface area contributed by atoms with Crippen LogP contribution in [-0.2, 0) is 4.84 Å². The van der Waals surface area contributed by atoms with Gasteiger partial charge in [0.15, 0.2) is 0 Å². The molecule has 1 unspecified atom stereocenters. The predicted octanol–water partition coefficient (Wildman–Crippen LogP) is 1.01. The Bertz CT molecular complexity index is 140. The van der Waals surface area contributed by atoms with Crippen molar-refractivity contribution in [2.24, 2.45) is 5.92 Å². The highest BCUT2D eigenvalue weighted by Gasteiger charge is 2.16. The molecule has 0 amide bonds. The van der Waals surface area contributed by atoms with Crippen LogP contribution in [0, 0.1) is 5.92 Å². The van der Waals surface area contributed by atoms with E-state index >= 15 is 0 Å². The maximum atomic E-state index is 5.46. The van der Waals surface area contributed by atoms with Crippen molar-refractivity contribution in [3.8, 4) is 0 Å². The molecule has 3 heteroatoms. The number of hydrogen-bond acceptors (Lipinski definition) is 3. The third-order valence-corrected chi connectivity index (χ3v) is 3.01. The first kappa shape index (κ1) is 9.44. The first-order valence-electron chi connectivity index (χ1n) is 5.54. The molecule has 2 fully saturated rings. The lowest BCUT2D eigenvalue weighted by atomic mass is 9.96. The van der Waals surface area contributed by atoms with Gasteiger partial charge < -0.3 is 5.32 Å². The smallest absolute Gasteiger partial charge is 0.0698 e. The van der Waals surface area contributed by atoms with Crippen LogP contribution in [0.4, 0.5) is 0 Å². The second-order valence-corrected chi connectivity index (χ2v) is 4.12. The van der Waals surface area contributed by atoms with Crippen LogP contribution in [0.25, 0.3) is 0 Å². The SMILES string of the molecule is C1CNCC(CCN2CCCO2)C1. The monoisotopic (exact) mass is 184 g/mol. The average Bonchev–Trinajstić information content (AvgIpc) is 2.69. The van der Waals surface area contributed by atoms with Gasteiger partial charge in [-0.3, -0.25) is 4.84 Å². The molecule has 0 saturated carbocycles. The molecule has 0 spiro atoms. The molecule has 0 aromatic rings. The number of hydrogen-bond donors (Lipinski definition) is 1. The first-order valence-corrected chi connectivity index (χ1v) is 5.54. The summed E-state index contributed by atoms with van der Waals surface area (Å²) >= 11 is 0. The number of nitrogens with one attached hydrogen (secondary N) is 1. The van der Waals surface area contributed by atoms with Crippen molar-refractivity contribution in [2.45, 2.75) is 25.7 Å². The van der Waals surface area contributed by atoms with Crippen LogP contribution in [0.5, 0.6) is 0 Å². The lowest BCUT2D eigenvalue weighted by Crippen LogP contribution is -2.32. The fraction of sp³-hybridized carbons (Fsp3) is 1.00. The Morgan fingerprint density at radius 1 is 1.38 bits per heavy atom. The Morgan fingerprint density at radius 3 is 3.08 bits per heavy atom. The zero-order chi connectivity index (χ0) is 8.93. The molecule has 1 atom stereocenters. The summed E-state index contributed by atoms with van der Waals surface area (Å²) in [6, 6.07) is 0. The number of nitrogens with zero attached hydrogens (tertiary/aromatic N) is 1. The van der Waals surface area contributed by atoms with Crippen molar-refractivity contribution in [2.75, 3.05) is 32.8 Å². The van der Waals surface area contributed by atoms with E-state index in [1.54, 1.807) is 0 Å². The third kappa shape index (κ3) is 2.93. The Hall–Kier alpha value is -0.120. The quantitative estimate of drug-likeness (QED) is 0.708. The zero-order valence-electron chi connectivity index (χ0n) is 8.30. The minimum absolute atomic E-state index is 0.887. The van der Waals surface area contributed by atoms with Gasteiger partial charge in [-0.2, -0.15) is 5.06 Å². The molecule has 2 rings (SSSR count). The Labute approximate surface area is 80.4 Å². The van der Waals surface area contributed by atoms with Gasteiger partial charge in [0.2, 0.25) is 0 Å². The van der Waals surface area contributed by atoms with Crippen LogP contribution in [0.15, 0.2) is 0 Å². The van der Waals surface area contributed by atoms with E-state index in [4.69, 9.17) is 4.84 Å². The van der Waals surface area contributed by atoms with Gasteiger partial charge in [0.05, 0.1) is 6.61 Å². The van der Waals surface area contributed by atoms with Gasteiger partial charge >= 0.3 is 0 Å². The molecule has 3 nitrogen and oxygen atoms in total. The van der Waals surface area contributed by atoms with Crippen LogP contribution in [0.1, 0.15) is 25.7 Å².